The lowest BCUT2D eigenvalue weighted by molar-refractivity contribution is 0.0695. The quantitative estimate of drug-likeness (QED) is 0.0955. The first-order valence-electron chi connectivity index (χ1n) is 15.3. The SMILES string of the molecule is CN1CCc2c(c3ccccc3n2Cc2ccccc2)C1.O=C(O)c1cc(O)c(O)c(O)c1.O=S(=O)(O)c1cccc2c(S(=O)(=O)O)cccc12. The third-order valence-corrected chi connectivity index (χ3v) is 10.1. The molecule has 5 aromatic carbocycles. The first-order valence-corrected chi connectivity index (χ1v) is 18.2. The Kier molecular flexibility index (Phi) is 10.7. The van der Waals surface area contributed by atoms with E-state index in [0.29, 0.717) is 0 Å². The van der Waals surface area contributed by atoms with Gasteiger partial charge < -0.3 is 29.9 Å². The summed E-state index contributed by atoms with van der Waals surface area (Å²) in [6, 6.07) is 28.8. The maximum absolute atomic E-state index is 11.2. The standard InChI is InChI=1S/C19H20N2.C10H8O6S2.C7H6O5/c1-20-12-11-19-17(14-20)16-9-5-6-10-18(16)21(19)13-15-7-3-2-4-8-15;11-17(12,13)9-5-1-3-7-8(9)4-2-6-10(7)18(14,15)16;8-4-1-3(7(11)12)2-5(9)6(4)10/h2-10H,11-14H2,1H3;1-6H,(H,11,12,13)(H,14,15,16);1-2,8-10H,(H,11,12). The molecule has 0 bridgehead atoms. The molecule has 0 saturated heterocycles. The van der Waals surface area contributed by atoms with E-state index < -0.39 is 53.2 Å². The van der Waals surface area contributed by atoms with Crippen molar-refractivity contribution in [1.82, 2.24) is 9.47 Å². The van der Waals surface area contributed by atoms with Gasteiger partial charge in [0.25, 0.3) is 20.2 Å². The van der Waals surface area contributed by atoms with Gasteiger partial charge in [0.2, 0.25) is 0 Å². The van der Waals surface area contributed by atoms with Crippen LogP contribution >= 0.6 is 0 Å². The third-order valence-electron chi connectivity index (χ3n) is 8.25. The number of aromatic hydroxyl groups is 3. The van der Waals surface area contributed by atoms with Crippen molar-refractivity contribution in [3.8, 4) is 17.2 Å². The highest BCUT2D eigenvalue weighted by Gasteiger charge is 2.22. The molecule has 0 fully saturated rings. The zero-order valence-corrected chi connectivity index (χ0v) is 28.7. The van der Waals surface area contributed by atoms with Crippen LogP contribution in [-0.4, -0.2) is 75.4 Å². The third kappa shape index (κ3) is 8.30. The molecule has 6 N–H and O–H groups in total. The number of likely N-dealkylation sites (N-methyl/N-ethyl adjacent to an activating group) is 1. The van der Waals surface area contributed by atoms with E-state index in [1.54, 1.807) is 0 Å². The predicted octanol–water partition coefficient (Wildman–Crippen LogP) is 5.51. The van der Waals surface area contributed by atoms with Crippen molar-refractivity contribution in [2.24, 2.45) is 0 Å². The summed E-state index contributed by atoms with van der Waals surface area (Å²) in [6.07, 6.45) is 1.15. The number of hydrogen-bond donors (Lipinski definition) is 6. The fourth-order valence-electron chi connectivity index (χ4n) is 5.91. The number of para-hydroxylation sites is 1. The molecule has 1 aromatic heterocycles. The summed E-state index contributed by atoms with van der Waals surface area (Å²) in [4.78, 5) is 11.9. The molecule has 266 valence electrons. The minimum Gasteiger partial charge on any atom is -0.504 e. The van der Waals surface area contributed by atoms with Crippen LogP contribution in [0.3, 0.4) is 0 Å². The predicted molar refractivity (Wildman–Crippen MR) is 189 cm³/mol. The Labute approximate surface area is 293 Å². The van der Waals surface area contributed by atoms with E-state index in [4.69, 9.17) is 29.5 Å². The first kappa shape index (κ1) is 36.8. The van der Waals surface area contributed by atoms with Gasteiger partial charge in [-0.2, -0.15) is 16.8 Å². The average Bonchev–Trinajstić information content (AvgIpc) is 3.38. The molecule has 1 aliphatic rings. The van der Waals surface area contributed by atoms with Crippen molar-refractivity contribution < 1.29 is 51.2 Å². The number of nitrogens with zero attached hydrogens (tertiary/aromatic N) is 2. The normalized spacial score (nSPS) is 13.1. The molecule has 15 heteroatoms. The molecule has 1 aliphatic heterocycles. The second kappa shape index (κ2) is 14.8. The number of hydrogen-bond acceptors (Lipinski definition) is 9. The molecule has 0 atom stereocenters. The second-order valence-corrected chi connectivity index (χ2v) is 14.5. The summed E-state index contributed by atoms with van der Waals surface area (Å²) >= 11 is 0. The van der Waals surface area contributed by atoms with Crippen LogP contribution in [-0.2, 0) is 39.7 Å². The Balaban J connectivity index is 0.000000154. The Morgan fingerprint density at radius 3 is 1.75 bits per heavy atom. The largest absolute Gasteiger partial charge is 0.504 e. The molecule has 0 saturated carbocycles. The molecule has 0 unspecified atom stereocenters. The lowest BCUT2D eigenvalue weighted by atomic mass is 10.1. The van der Waals surface area contributed by atoms with Crippen LogP contribution in [0, 0.1) is 0 Å². The summed E-state index contributed by atoms with van der Waals surface area (Å²) in [5.41, 5.74) is 5.51. The molecule has 2 heterocycles. The summed E-state index contributed by atoms with van der Waals surface area (Å²) in [6.45, 7) is 3.19. The number of phenols is 3. The Hall–Kier alpha value is -5.45. The maximum Gasteiger partial charge on any atom is 0.335 e. The van der Waals surface area contributed by atoms with E-state index >= 15 is 0 Å². The Morgan fingerprint density at radius 1 is 0.706 bits per heavy atom. The van der Waals surface area contributed by atoms with Crippen LogP contribution in [0.15, 0.2) is 113 Å². The van der Waals surface area contributed by atoms with Gasteiger partial charge in [-0.1, -0.05) is 72.8 Å². The molecule has 0 amide bonds. The van der Waals surface area contributed by atoms with Gasteiger partial charge in [-0.25, -0.2) is 4.79 Å². The summed E-state index contributed by atoms with van der Waals surface area (Å²) in [5.74, 6) is -3.33. The molecule has 51 heavy (non-hydrogen) atoms. The van der Waals surface area contributed by atoms with Crippen molar-refractivity contribution >= 4 is 47.9 Å². The van der Waals surface area contributed by atoms with Gasteiger partial charge in [0.05, 0.1) is 5.56 Å². The fourth-order valence-corrected chi connectivity index (χ4v) is 7.33. The molecular formula is C36H34N2O11S2. The van der Waals surface area contributed by atoms with Crippen LogP contribution in [0.25, 0.3) is 21.7 Å². The highest BCUT2D eigenvalue weighted by atomic mass is 32.2. The summed E-state index contributed by atoms with van der Waals surface area (Å²) in [5, 5.41) is 36.4. The minimum absolute atomic E-state index is 0.0233. The van der Waals surface area contributed by atoms with E-state index in [1.807, 2.05) is 0 Å². The zero-order chi connectivity index (χ0) is 37.1. The average molecular weight is 735 g/mol. The number of phenolic OH excluding ortho intramolecular Hbond substituents is 3. The maximum atomic E-state index is 11.2. The van der Waals surface area contributed by atoms with Crippen LogP contribution in [0.1, 0.15) is 27.2 Å². The minimum atomic E-state index is -4.47. The number of carboxylic acids is 1. The Bertz CT molecular complexity index is 2370. The van der Waals surface area contributed by atoms with Crippen LogP contribution in [0.4, 0.5) is 0 Å². The van der Waals surface area contributed by atoms with Gasteiger partial charge in [0.1, 0.15) is 9.79 Å². The van der Waals surface area contributed by atoms with Gasteiger partial charge in [-0.15, -0.1) is 0 Å². The van der Waals surface area contributed by atoms with Gasteiger partial charge in [-0.05, 0) is 48.5 Å². The van der Waals surface area contributed by atoms with Crippen molar-refractivity contribution in [1.29, 1.82) is 0 Å². The number of fused-ring (bicyclic) bond motifs is 4. The fraction of sp³-hybridized carbons (Fsp3) is 0.139. The number of aromatic carboxylic acids is 1. The molecular weight excluding hydrogens is 701 g/mol. The lowest BCUT2D eigenvalue weighted by Gasteiger charge is -2.24. The molecule has 0 aliphatic carbocycles. The van der Waals surface area contributed by atoms with Crippen molar-refractivity contribution in [2.75, 3.05) is 13.6 Å². The van der Waals surface area contributed by atoms with E-state index in [9.17, 15) is 21.6 Å². The highest BCUT2D eigenvalue weighted by Crippen LogP contribution is 2.35. The van der Waals surface area contributed by atoms with Crippen molar-refractivity contribution in [3.05, 3.63) is 126 Å². The van der Waals surface area contributed by atoms with Gasteiger partial charge in [-0.3, -0.25) is 9.11 Å². The highest BCUT2D eigenvalue weighted by molar-refractivity contribution is 7.86. The van der Waals surface area contributed by atoms with Crippen LogP contribution < -0.4 is 0 Å². The van der Waals surface area contributed by atoms with Crippen LogP contribution in [0.5, 0.6) is 17.2 Å². The smallest absolute Gasteiger partial charge is 0.335 e. The summed E-state index contributed by atoms with van der Waals surface area (Å²) < 4.78 is 65.2. The van der Waals surface area contributed by atoms with E-state index in [0.717, 1.165) is 50.3 Å². The molecule has 13 nitrogen and oxygen atoms in total. The molecule has 0 radical (unpaired) electrons. The van der Waals surface area contributed by atoms with E-state index in [1.165, 1.54) is 52.0 Å². The van der Waals surface area contributed by atoms with Crippen LogP contribution in [0.2, 0.25) is 0 Å². The molecule has 7 rings (SSSR count). The van der Waals surface area contributed by atoms with E-state index in [-0.39, 0.29) is 16.3 Å². The Morgan fingerprint density at radius 2 is 1.22 bits per heavy atom. The number of carbonyl (C=O) groups is 1. The molecule has 6 aromatic rings. The lowest BCUT2D eigenvalue weighted by Crippen LogP contribution is -2.27. The molecule has 0 spiro atoms. The van der Waals surface area contributed by atoms with Crippen molar-refractivity contribution in [3.63, 3.8) is 0 Å². The topological polar surface area (TPSA) is 215 Å². The van der Waals surface area contributed by atoms with Crippen molar-refractivity contribution in [2.45, 2.75) is 29.3 Å². The van der Waals surface area contributed by atoms with Gasteiger partial charge >= 0.3 is 5.97 Å². The second-order valence-electron chi connectivity index (χ2n) is 11.7. The van der Waals surface area contributed by atoms with E-state index in [2.05, 4.69) is 71.1 Å². The first-order chi connectivity index (χ1) is 24.1. The van der Waals surface area contributed by atoms with Gasteiger partial charge in [0, 0.05) is 53.4 Å². The number of rotatable bonds is 5. The zero-order valence-electron chi connectivity index (χ0n) is 27.1. The number of benzene rings is 5. The number of carboxylic acid groups (broad SMARTS) is 1. The number of aromatic nitrogens is 1. The summed E-state index contributed by atoms with van der Waals surface area (Å²) in [7, 11) is -6.72. The monoisotopic (exact) mass is 734 g/mol. The van der Waals surface area contributed by atoms with Gasteiger partial charge in [0.15, 0.2) is 17.2 Å².